The van der Waals surface area contributed by atoms with Gasteiger partial charge in [-0.2, -0.15) is 0 Å². The molecule has 31 heavy (non-hydrogen) atoms. The number of guanidine groups is 1. The van der Waals surface area contributed by atoms with Crippen LogP contribution < -0.4 is 28.3 Å². The van der Waals surface area contributed by atoms with E-state index >= 15 is 0 Å². The number of carbonyl (C=O) groups excluding carboxylic acids is 3. The molecule has 0 bridgehead atoms. The van der Waals surface area contributed by atoms with Crippen LogP contribution in [0.5, 0.6) is 0 Å². The van der Waals surface area contributed by atoms with Gasteiger partial charge in [0, 0.05) is 25.1 Å². The third-order valence-electron chi connectivity index (χ3n) is 4.01. The quantitative estimate of drug-likeness (QED) is 0.0719. The van der Waals surface area contributed by atoms with Crippen LogP contribution in [0.2, 0.25) is 0 Å². The molecule has 0 fully saturated rings. The van der Waals surface area contributed by atoms with Crippen LogP contribution >= 0.6 is 11.8 Å². The largest absolute Gasteiger partial charge is 0.480 e. The van der Waals surface area contributed by atoms with Crippen LogP contribution in [0.3, 0.4) is 0 Å². The summed E-state index contributed by atoms with van der Waals surface area (Å²) in [5.74, 6) is -4.81. The van der Waals surface area contributed by atoms with Crippen LogP contribution in [-0.4, -0.2) is 75.8 Å². The number of amides is 1. The molecule has 0 aromatic rings. The van der Waals surface area contributed by atoms with E-state index in [9.17, 15) is 24.0 Å². The van der Waals surface area contributed by atoms with E-state index in [1.807, 2.05) is 0 Å². The van der Waals surface area contributed by atoms with Gasteiger partial charge in [0.1, 0.15) is 18.4 Å². The molecule has 13 nitrogen and oxygen atoms in total. The van der Waals surface area contributed by atoms with Gasteiger partial charge in [-0.3, -0.25) is 29.0 Å². The maximum absolute atomic E-state index is 12.2. The maximum Gasteiger partial charge on any atom is 0.322 e. The van der Waals surface area contributed by atoms with Gasteiger partial charge in [-0.15, -0.1) is 0 Å². The number of aliphatic imine (C=N–C) groups is 1. The summed E-state index contributed by atoms with van der Waals surface area (Å²) < 4.78 is 0. The summed E-state index contributed by atoms with van der Waals surface area (Å²) in [5.41, 5.74) is 21.6. The van der Waals surface area contributed by atoms with Crippen molar-refractivity contribution < 1.29 is 34.2 Å². The van der Waals surface area contributed by atoms with Gasteiger partial charge in [-0.1, -0.05) is 11.8 Å². The Hall–Kier alpha value is -2.71. The summed E-state index contributed by atoms with van der Waals surface area (Å²) >= 11 is 0.762. The number of ketones is 1. The van der Waals surface area contributed by atoms with Gasteiger partial charge in [-0.25, -0.2) is 0 Å². The number of nitrogens with zero attached hydrogens (tertiary/aromatic N) is 1. The number of hydrogen-bond acceptors (Lipinski definition) is 9. The molecule has 11 N–H and O–H groups in total. The fourth-order valence-electron chi connectivity index (χ4n) is 2.28. The second-order valence-corrected chi connectivity index (χ2v) is 7.74. The van der Waals surface area contributed by atoms with Gasteiger partial charge in [0.05, 0.1) is 12.0 Å². The normalized spacial score (nSPS) is 13.5. The average molecular weight is 463 g/mol. The second-order valence-electron chi connectivity index (χ2n) is 6.72. The predicted octanol–water partition coefficient (Wildman–Crippen LogP) is -2.40. The third-order valence-corrected chi connectivity index (χ3v) is 5.16. The monoisotopic (exact) mass is 462 g/mol. The van der Waals surface area contributed by atoms with Crippen molar-refractivity contribution >= 4 is 46.5 Å². The molecule has 0 radical (unpaired) electrons. The summed E-state index contributed by atoms with van der Waals surface area (Å²) in [5, 5.41) is 19.2. The third kappa shape index (κ3) is 14.0. The van der Waals surface area contributed by atoms with E-state index in [2.05, 4.69) is 10.3 Å². The number of rotatable bonds is 16. The smallest absolute Gasteiger partial charge is 0.322 e. The molecule has 0 rings (SSSR count). The van der Waals surface area contributed by atoms with Crippen molar-refractivity contribution in [3.8, 4) is 0 Å². The highest BCUT2D eigenvalue weighted by atomic mass is 32.2. The van der Waals surface area contributed by atoms with Gasteiger partial charge in [0.25, 0.3) is 0 Å². The Labute approximate surface area is 183 Å². The van der Waals surface area contributed by atoms with E-state index < -0.39 is 53.3 Å². The average Bonchev–Trinajstić information content (AvgIpc) is 2.69. The number of thioether (sulfide) groups is 1. The van der Waals surface area contributed by atoms with Crippen molar-refractivity contribution in [1.82, 2.24) is 5.32 Å². The molecule has 0 heterocycles. The van der Waals surface area contributed by atoms with Crippen molar-refractivity contribution in [2.24, 2.45) is 33.8 Å². The zero-order valence-electron chi connectivity index (χ0n) is 17.0. The lowest BCUT2D eigenvalue weighted by atomic mass is 9.99. The number of carboxylic acids is 2. The summed E-state index contributed by atoms with van der Waals surface area (Å²) in [4.78, 5) is 61.8. The van der Waals surface area contributed by atoms with Gasteiger partial charge in [0.2, 0.25) is 11.0 Å². The van der Waals surface area contributed by atoms with E-state index in [0.29, 0.717) is 19.4 Å². The minimum atomic E-state index is -1.27. The molecule has 0 aromatic heterocycles. The zero-order valence-corrected chi connectivity index (χ0v) is 17.8. The molecule has 0 aliphatic heterocycles. The summed E-state index contributed by atoms with van der Waals surface area (Å²) in [6, 6.07) is -2.04. The van der Waals surface area contributed by atoms with E-state index in [-0.39, 0.29) is 31.0 Å². The van der Waals surface area contributed by atoms with Crippen LogP contribution in [0.25, 0.3) is 0 Å². The van der Waals surface area contributed by atoms with Crippen molar-refractivity contribution in [3.05, 3.63) is 0 Å². The number of carbonyl (C=O) groups is 5. The Kier molecular flexibility index (Phi) is 13.8. The molecule has 1 amide bonds. The highest BCUT2D eigenvalue weighted by Crippen LogP contribution is 2.18. The first-order chi connectivity index (χ1) is 14.4. The first-order valence-electron chi connectivity index (χ1n) is 9.41. The van der Waals surface area contributed by atoms with Gasteiger partial charge >= 0.3 is 11.9 Å². The molecule has 0 saturated heterocycles. The highest BCUT2D eigenvalue weighted by Gasteiger charge is 2.25. The Balaban J connectivity index is 4.78. The SMILES string of the molecule is NC(N)=NCCC[C@H](N)C(=O)SC[C@H](CC(=O)CC[C@H](N)C(=O)O)C(=O)NCC(=O)O. The molecular formula is C17H30N6O7S. The molecule has 0 spiro atoms. The first kappa shape index (κ1) is 28.3. The minimum absolute atomic E-state index is 0.0709. The highest BCUT2D eigenvalue weighted by molar-refractivity contribution is 8.13. The summed E-state index contributed by atoms with van der Waals surface area (Å²) in [6.07, 6.45) is 0.210. The fourth-order valence-corrected chi connectivity index (χ4v) is 3.24. The van der Waals surface area contributed by atoms with Gasteiger partial charge in [0.15, 0.2) is 5.96 Å². The van der Waals surface area contributed by atoms with Gasteiger partial charge < -0.3 is 38.5 Å². The van der Waals surface area contributed by atoms with Crippen LogP contribution in [0.1, 0.15) is 32.1 Å². The van der Waals surface area contributed by atoms with Crippen molar-refractivity contribution in [2.75, 3.05) is 18.8 Å². The lowest BCUT2D eigenvalue weighted by Gasteiger charge is -2.16. The molecule has 0 aliphatic rings. The van der Waals surface area contributed by atoms with Crippen molar-refractivity contribution in [1.29, 1.82) is 0 Å². The summed E-state index contributed by atoms with van der Waals surface area (Å²) in [6.45, 7) is -0.336. The summed E-state index contributed by atoms with van der Waals surface area (Å²) in [7, 11) is 0. The topological polar surface area (TPSA) is 254 Å². The van der Waals surface area contributed by atoms with Crippen molar-refractivity contribution in [3.63, 3.8) is 0 Å². The molecular weight excluding hydrogens is 432 g/mol. The fraction of sp³-hybridized carbons (Fsp3) is 0.647. The number of hydrogen-bond donors (Lipinski definition) is 7. The first-order valence-corrected chi connectivity index (χ1v) is 10.4. The van der Waals surface area contributed by atoms with Gasteiger partial charge in [-0.05, 0) is 19.3 Å². The molecule has 0 unspecified atom stereocenters. The lowest BCUT2D eigenvalue weighted by molar-refractivity contribution is -0.139. The van der Waals surface area contributed by atoms with Crippen LogP contribution in [0.4, 0.5) is 0 Å². The number of aliphatic carboxylic acids is 2. The standard InChI is InChI=1S/C17H30N6O7S/c18-11(15(28)29)4-3-10(24)6-9(14(27)23-7-13(25)26)8-31-16(30)12(19)2-1-5-22-17(20)21/h9,11-12H,1-8,18-19H2,(H,23,27)(H,25,26)(H,28,29)(H4,20,21,22)/t9-,11-,12-/m0/s1. The molecule has 0 aromatic carbocycles. The second kappa shape index (κ2) is 15.1. The number of carboxylic acid groups (broad SMARTS) is 2. The zero-order chi connectivity index (χ0) is 24.0. The predicted molar refractivity (Wildman–Crippen MR) is 114 cm³/mol. The Bertz CT molecular complexity index is 684. The van der Waals surface area contributed by atoms with Crippen LogP contribution in [-0.2, 0) is 24.0 Å². The van der Waals surface area contributed by atoms with E-state index in [1.165, 1.54) is 0 Å². The van der Waals surface area contributed by atoms with Crippen molar-refractivity contribution in [2.45, 2.75) is 44.2 Å². The van der Waals surface area contributed by atoms with E-state index in [1.54, 1.807) is 0 Å². The van der Waals surface area contributed by atoms with Crippen LogP contribution in [0, 0.1) is 5.92 Å². The molecule has 0 aliphatic carbocycles. The number of nitrogens with one attached hydrogen (secondary N) is 1. The molecule has 14 heteroatoms. The number of Topliss-reactive ketones (excluding diaryl/α,β-unsaturated/α-hetero) is 1. The Morgan fingerprint density at radius 2 is 1.65 bits per heavy atom. The maximum atomic E-state index is 12.2. The molecule has 176 valence electrons. The van der Waals surface area contributed by atoms with E-state index in [4.69, 9.17) is 33.1 Å². The number of nitrogens with two attached hydrogens (primary N) is 4. The minimum Gasteiger partial charge on any atom is -0.480 e. The van der Waals surface area contributed by atoms with Crippen LogP contribution in [0.15, 0.2) is 4.99 Å². The Morgan fingerprint density at radius 1 is 1.00 bits per heavy atom. The molecule has 3 atom stereocenters. The Morgan fingerprint density at radius 3 is 2.19 bits per heavy atom. The van der Waals surface area contributed by atoms with E-state index in [0.717, 1.165) is 11.8 Å². The molecule has 0 saturated carbocycles. The lowest BCUT2D eigenvalue weighted by Crippen LogP contribution is -2.37.